The average molecular weight is 317 g/mol. The number of allylic oxidation sites excluding steroid dienone is 3. The molecule has 6 nitrogen and oxygen atoms in total. The summed E-state index contributed by atoms with van der Waals surface area (Å²) in [5.41, 5.74) is 8.66. The zero-order valence-corrected chi connectivity index (χ0v) is 10.8. The summed E-state index contributed by atoms with van der Waals surface area (Å²) in [7, 11) is 0. The van der Waals surface area contributed by atoms with Gasteiger partial charge in [0.1, 0.15) is 12.3 Å². The molecule has 2 unspecified atom stereocenters. The van der Waals surface area contributed by atoms with E-state index in [1.807, 2.05) is 0 Å². The highest BCUT2D eigenvalue weighted by Gasteiger charge is 2.34. The summed E-state index contributed by atoms with van der Waals surface area (Å²) in [6.07, 6.45) is 2.43. The molecule has 1 amide bonds. The zero-order chi connectivity index (χ0) is 13.1. The minimum Gasteiger partial charge on any atom is -0.444 e. The molecular weight excluding hydrogens is 307 g/mol. The van der Waals surface area contributed by atoms with Crippen molar-refractivity contribution in [2.75, 3.05) is 13.1 Å². The molecule has 0 aromatic heterocycles. The second-order valence-corrected chi connectivity index (χ2v) is 4.93. The number of hydrogen-bond donors (Lipinski definition) is 0. The third kappa shape index (κ3) is 2.65. The Morgan fingerprint density at radius 3 is 3.17 bits per heavy atom. The van der Waals surface area contributed by atoms with Gasteiger partial charge in [0.25, 0.3) is 0 Å². The maximum absolute atomic E-state index is 13.5. The fourth-order valence-corrected chi connectivity index (χ4v) is 2.05. The molecule has 3 atom stereocenters. The Balaban J connectivity index is 2.06. The summed E-state index contributed by atoms with van der Waals surface area (Å²) < 4.78 is 18.5. The Labute approximate surface area is 111 Å². The molecule has 0 saturated carbocycles. The lowest BCUT2D eigenvalue weighted by molar-refractivity contribution is 0.138. The molecule has 1 fully saturated rings. The number of ether oxygens (including phenoxy) is 1. The van der Waals surface area contributed by atoms with Gasteiger partial charge in [0, 0.05) is 10.6 Å². The van der Waals surface area contributed by atoms with Gasteiger partial charge in [-0.3, -0.25) is 4.90 Å². The van der Waals surface area contributed by atoms with Crippen LogP contribution < -0.4 is 0 Å². The number of carbonyl (C=O) groups is 1. The van der Waals surface area contributed by atoms with Crippen molar-refractivity contribution in [3.05, 3.63) is 34.4 Å². The fraction of sp³-hybridized carbons (Fsp3) is 0.500. The van der Waals surface area contributed by atoms with Crippen LogP contribution in [-0.2, 0) is 4.74 Å². The van der Waals surface area contributed by atoms with E-state index in [4.69, 9.17) is 10.3 Å². The lowest BCUT2D eigenvalue weighted by Crippen LogP contribution is -2.27. The van der Waals surface area contributed by atoms with Gasteiger partial charge in [-0.05, 0) is 17.7 Å². The first-order valence-electron chi connectivity index (χ1n) is 5.29. The number of carbonyl (C=O) groups excluding carboxylic acids is 1. The first-order chi connectivity index (χ1) is 8.61. The van der Waals surface area contributed by atoms with E-state index >= 15 is 0 Å². The number of rotatable bonds is 3. The van der Waals surface area contributed by atoms with Gasteiger partial charge < -0.3 is 4.74 Å². The van der Waals surface area contributed by atoms with Crippen molar-refractivity contribution in [3.8, 4) is 0 Å². The highest BCUT2D eigenvalue weighted by atomic mass is 79.9. The monoisotopic (exact) mass is 316 g/mol. The van der Waals surface area contributed by atoms with Crippen molar-refractivity contribution in [2.45, 2.75) is 17.1 Å². The number of halogens is 2. The molecule has 8 heteroatoms. The molecule has 0 bridgehead atoms. The van der Waals surface area contributed by atoms with E-state index in [-0.39, 0.29) is 17.9 Å². The van der Waals surface area contributed by atoms with Crippen molar-refractivity contribution in [3.63, 3.8) is 0 Å². The summed E-state index contributed by atoms with van der Waals surface area (Å²) in [4.78, 5) is 15.2. The van der Waals surface area contributed by atoms with Crippen molar-refractivity contribution >= 4 is 22.0 Å². The third-order valence-electron chi connectivity index (χ3n) is 2.62. The maximum atomic E-state index is 13.5. The van der Waals surface area contributed by atoms with Crippen molar-refractivity contribution in [1.82, 2.24) is 4.90 Å². The summed E-state index contributed by atoms with van der Waals surface area (Å²) in [6.45, 7) is 0.337. The van der Waals surface area contributed by atoms with Crippen LogP contribution in [-0.4, -0.2) is 41.2 Å². The standard InChI is InChI=1S/C10H10BrFN4O2/c11-8-2-1-6(3-9(8)12)16-5-7(4-14-15-13)18-10(16)17/h1-3,7-9H,4-5H2/t7-,8?,9?/m0/s1. The Morgan fingerprint density at radius 2 is 2.50 bits per heavy atom. The lowest BCUT2D eigenvalue weighted by Gasteiger charge is -2.20. The van der Waals surface area contributed by atoms with Crippen LogP contribution in [0.5, 0.6) is 0 Å². The second-order valence-electron chi connectivity index (χ2n) is 3.87. The largest absolute Gasteiger partial charge is 0.444 e. The predicted molar refractivity (Wildman–Crippen MR) is 65.8 cm³/mol. The van der Waals surface area contributed by atoms with Crippen LogP contribution >= 0.6 is 15.9 Å². The van der Waals surface area contributed by atoms with E-state index < -0.39 is 18.4 Å². The maximum Gasteiger partial charge on any atom is 0.414 e. The van der Waals surface area contributed by atoms with E-state index in [0.717, 1.165) is 0 Å². The molecule has 1 aliphatic heterocycles. The molecule has 0 spiro atoms. The van der Waals surface area contributed by atoms with Crippen LogP contribution in [0, 0.1) is 0 Å². The Morgan fingerprint density at radius 1 is 1.72 bits per heavy atom. The molecule has 0 aromatic rings. The first-order valence-corrected chi connectivity index (χ1v) is 6.20. The minimum absolute atomic E-state index is 0.0792. The van der Waals surface area contributed by atoms with Crippen molar-refractivity contribution < 1.29 is 13.9 Å². The number of alkyl halides is 2. The van der Waals surface area contributed by atoms with E-state index in [1.54, 1.807) is 12.2 Å². The Bertz CT molecular complexity index is 461. The molecule has 2 rings (SSSR count). The molecule has 96 valence electrons. The van der Waals surface area contributed by atoms with Crippen LogP contribution in [0.4, 0.5) is 9.18 Å². The Kier molecular flexibility index (Phi) is 3.88. The van der Waals surface area contributed by atoms with Gasteiger partial charge in [0.05, 0.1) is 17.9 Å². The molecule has 18 heavy (non-hydrogen) atoms. The normalized spacial score (nSPS) is 30.8. The SMILES string of the molecule is [N-]=[N+]=NC[C@H]1CN(C2=CC(F)C(Br)C=C2)C(=O)O1. The van der Waals surface area contributed by atoms with E-state index in [1.165, 1.54) is 11.0 Å². The van der Waals surface area contributed by atoms with Crippen LogP contribution in [0.25, 0.3) is 10.4 Å². The number of azide groups is 1. The van der Waals surface area contributed by atoms with Gasteiger partial charge in [-0.1, -0.05) is 27.1 Å². The average Bonchev–Trinajstić information content (AvgIpc) is 2.71. The molecule has 1 aliphatic carbocycles. The molecule has 0 N–H and O–H groups in total. The van der Waals surface area contributed by atoms with E-state index in [9.17, 15) is 9.18 Å². The summed E-state index contributed by atoms with van der Waals surface area (Å²) >= 11 is 3.15. The van der Waals surface area contributed by atoms with Crippen LogP contribution in [0.1, 0.15) is 0 Å². The quantitative estimate of drug-likeness (QED) is 0.347. The molecule has 0 aromatic carbocycles. The van der Waals surface area contributed by atoms with Crippen molar-refractivity contribution in [1.29, 1.82) is 0 Å². The van der Waals surface area contributed by atoms with Crippen molar-refractivity contribution in [2.24, 2.45) is 5.11 Å². The number of cyclic esters (lactones) is 1. The molecule has 1 saturated heterocycles. The van der Waals surface area contributed by atoms with Gasteiger partial charge in [-0.2, -0.15) is 0 Å². The molecule has 1 heterocycles. The van der Waals surface area contributed by atoms with Gasteiger partial charge >= 0.3 is 6.09 Å². The molecule has 2 aliphatic rings. The minimum atomic E-state index is -1.19. The topological polar surface area (TPSA) is 78.3 Å². The summed E-state index contributed by atoms with van der Waals surface area (Å²) in [5, 5.41) is 3.35. The summed E-state index contributed by atoms with van der Waals surface area (Å²) in [6, 6.07) is 0. The first kappa shape index (κ1) is 12.9. The van der Waals surface area contributed by atoms with Gasteiger partial charge in [0.2, 0.25) is 0 Å². The smallest absolute Gasteiger partial charge is 0.414 e. The Hall–Kier alpha value is -1.53. The predicted octanol–water partition coefficient (Wildman–Crippen LogP) is 2.67. The van der Waals surface area contributed by atoms with E-state index in [2.05, 4.69) is 26.0 Å². The third-order valence-corrected chi connectivity index (χ3v) is 3.43. The van der Waals surface area contributed by atoms with Gasteiger partial charge in [-0.15, -0.1) is 0 Å². The molecule has 0 radical (unpaired) electrons. The lowest BCUT2D eigenvalue weighted by atomic mass is 10.1. The van der Waals surface area contributed by atoms with Gasteiger partial charge in [0.15, 0.2) is 0 Å². The molecular formula is C10H10BrFN4O2. The zero-order valence-electron chi connectivity index (χ0n) is 9.24. The number of amides is 1. The highest BCUT2D eigenvalue weighted by Crippen LogP contribution is 2.25. The number of nitrogens with zero attached hydrogens (tertiary/aromatic N) is 4. The highest BCUT2D eigenvalue weighted by molar-refractivity contribution is 9.09. The van der Waals surface area contributed by atoms with Crippen LogP contribution in [0.2, 0.25) is 0 Å². The van der Waals surface area contributed by atoms with E-state index in [0.29, 0.717) is 5.70 Å². The van der Waals surface area contributed by atoms with Gasteiger partial charge in [-0.25, -0.2) is 9.18 Å². The number of hydrogen-bond acceptors (Lipinski definition) is 3. The second kappa shape index (κ2) is 5.41. The van der Waals surface area contributed by atoms with Crippen LogP contribution in [0.15, 0.2) is 29.0 Å². The summed E-state index contributed by atoms with van der Waals surface area (Å²) in [5.74, 6) is 0. The fourth-order valence-electron chi connectivity index (χ4n) is 1.74. The van der Waals surface area contributed by atoms with Crippen LogP contribution in [0.3, 0.4) is 0 Å².